The van der Waals surface area contributed by atoms with Crippen LogP contribution in [0.5, 0.6) is 0 Å². The number of aliphatic carboxylic acids is 1. The second-order valence-corrected chi connectivity index (χ2v) is 10.9. The van der Waals surface area contributed by atoms with Gasteiger partial charge in [-0.15, -0.1) is 11.8 Å². The quantitative estimate of drug-likeness (QED) is 0.721. The van der Waals surface area contributed by atoms with Crippen LogP contribution in [0.15, 0.2) is 9.82 Å². The number of thiazole rings is 1. The number of thioether (sulfide) groups is 1. The first-order chi connectivity index (χ1) is 13.2. The Morgan fingerprint density at radius 2 is 1.93 bits per heavy atom. The Morgan fingerprint density at radius 3 is 2.54 bits per heavy atom. The van der Waals surface area contributed by atoms with Gasteiger partial charge in [0.05, 0.1) is 16.9 Å². The van der Waals surface area contributed by atoms with Crippen molar-refractivity contribution >= 4 is 40.9 Å². The normalized spacial score (nSPS) is 41.8. The summed E-state index contributed by atoms with van der Waals surface area (Å²) in [5.41, 5.74) is -0.214. The van der Waals surface area contributed by atoms with E-state index in [1.165, 1.54) is 18.3 Å². The number of carbonyl (C=O) groups is 3. The number of carbonyl (C=O) groups excluding carboxylic acids is 2. The van der Waals surface area contributed by atoms with Crippen LogP contribution in [-0.2, 0) is 19.8 Å². The molecule has 0 radical (unpaired) electrons. The van der Waals surface area contributed by atoms with Crippen molar-refractivity contribution in [2.24, 2.45) is 29.6 Å². The first-order valence-corrected chi connectivity index (χ1v) is 11.4. The molecule has 4 aliphatic rings. The largest absolute Gasteiger partial charge is 0.480 e. The molecule has 2 N–H and O–H groups in total. The third-order valence-corrected chi connectivity index (χ3v) is 10.5. The van der Waals surface area contributed by atoms with Crippen molar-refractivity contribution in [2.45, 2.75) is 55.3 Å². The van der Waals surface area contributed by atoms with E-state index in [1.54, 1.807) is 11.8 Å². The van der Waals surface area contributed by atoms with Gasteiger partial charge in [-0.2, -0.15) is 0 Å². The van der Waals surface area contributed by atoms with Gasteiger partial charge in [0.15, 0.2) is 0 Å². The summed E-state index contributed by atoms with van der Waals surface area (Å²) in [6, 6.07) is -1.13. The number of aromatic amines is 1. The first kappa shape index (κ1) is 18.4. The number of amides is 2. The van der Waals surface area contributed by atoms with Gasteiger partial charge in [-0.1, -0.05) is 25.2 Å². The molecule has 0 aromatic carbocycles. The summed E-state index contributed by atoms with van der Waals surface area (Å²) in [5, 5.41) is 10.4. The maximum absolute atomic E-state index is 13.1. The van der Waals surface area contributed by atoms with Crippen molar-refractivity contribution in [3.05, 3.63) is 14.5 Å². The molecule has 0 spiro atoms. The molecule has 9 heteroatoms. The van der Waals surface area contributed by atoms with Gasteiger partial charge in [0.1, 0.15) is 6.04 Å². The lowest BCUT2D eigenvalue weighted by molar-refractivity contribution is -0.154. The minimum atomic E-state index is -1.15. The number of H-pyrrole nitrogens is 1. The van der Waals surface area contributed by atoms with Crippen LogP contribution in [0.3, 0.4) is 0 Å². The highest BCUT2D eigenvalue weighted by Gasteiger charge is 2.71. The van der Waals surface area contributed by atoms with Gasteiger partial charge in [0, 0.05) is 15.5 Å². The van der Waals surface area contributed by atoms with Crippen LogP contribution in [0, 0.1) is 29.6 Å². The highest BCUT2D eigenvalue weighted by atomic mass is 32.2. The van der Waals surface area contributed by atoms with E-state index in [1.807, 2.05) is 0 Å². The Bertz CT molecular complexity index is 970. The second kappa shape index (κ2) is 5.72. The Morgan fingerprint density at radius 1 is 1.29 bits per heavy atom. The Balaban J connectivity index is 1.59. The van der Waals surface area contributed by atoms with E-state index in [-0.39, 0.29) is 45.1 Å². The van der Waals surface area contributed by atoms with Gasteiger partial charge >= 0.3 is 10.8 Å². The minimum Gasteiger partial charge on any atom is -0.480 e. The number of hydrogen-bond acceptors (Lipinski definition) is 6. The lowest BCUT2D eigenvalue weighted by Gasteiger charge is -2.48. The van der Waals surface area contributed by atoms with E-state index < -0.39 is 23.8 Å². The highest BCUT2D eigenvalue weighted by molar-refractivity contribution is 8.00. The molecule has 150 valence electrons. The smallest absolute Gasteiger partial charge is 0.326 e. The fourth-order valence-electron chi connectivity index (χ4n) is 6.41. The molecule has 1 saturated heterocycles. The topological polar surface area (TPSA) is 108 Å². The number of hydrogen-bond donors (Lipinski definition) is 2. The molecule has 8 atom stereocenters. The van der Waals surface area contributed by atoms with Crippen LogP contribution >= 0.6 is 23.1 Å². The summed E-state index contributed by atoms with van der Waals surface area (Å²) in [6.07, 6.45) is 1.69. The summed E-state index contributed by atoms with van der Waals surface area (Å²) in [6.45, 7) is 5.70. The Hall–Kier alpha value is -1.61. The molecule has 28 heavy (non-hydrogen) atoms. The van der Waals surface area contributed by atoms with E-state index in [2.05, 4.69) is 18.8 Å². The van der Waals surface area contributed by atoms with Crippen LogP contribution in [0.4, 0.5) is 0 Å². The van der Waals surface area contributed by atoms with Crippen molar-refractivity contribution < 1.29 is 19.5 Å². The van der Waals surface area contributed by atoms with Gasteiger partial charge in [-0.3, -0.25) is 19.3 Å². The van der Waals surface area contributed by atoms with E-state index in [9.17, 15) is 24.3 Å². The summed E-state index contributed by atoms with van der Waals surface area (Å²) in [4.78, 5) is 54.6. The average molecular weight is 423 g/mol. The summed E-state index contributed by atoms with van der Waals surface area (Å²) in [5.74, 6) is -2.29. The third kappa shape index (κ3) is 2.01. The number of nitrogens with zero attached hydrogens (tertiary/aromatic N) is 1. The van der Waals surface area contributed by atoms with Crippen LogP contribution in [0.2, 0.25) is 0 Å². The monoisotopic (exact) mass is 422 g/mol. The summed E-state index contributed by atoms with van der Waals surface area (Å²) >= 11 is 2.92. The summed E-state index contributed by atoms with van der Waals surface area (Å²) in [7, 11) is 0. The SMILES string of the molecule is CC[C@]1(C)c2sc(=O)[nH]c2S[C@@H]2[C@H]3C[C@@H]([C@@H]4C(=O)N([C@H](C)C(=O)O)C(=O)[C@H]34)[C@@H]21. The molecule has 1 aromatic heterocycles. The number of aromatic nitrogens is 1. The molecule has 2 aliphatic carbocycles. The van der Waals surface area contributed by atoms with Gasteiger partial charge < -0.3 is 10.1 Å². The third-order valence-electron chi connectivity index (χ3n) is 7.74. The van der Waals surface area contributed by atoms with Gasteiger partial charge in [-0.25, -0.2) is 4.79 Å². The zero-order valence-corrected chi connectivity index (χ0v) is 17.4. The van der Waals surface area contributed by atoms with Gasteiger partial charge in [-0.05, 0) is 37.5 Å². The average Bonchev–Trinajstić information content (AvgIpc) is 3.36. The second-order valence-electron chi connectivity index (χ2n) is 8.73. The number of carboxylic acids is 1. The van der Waals surface area contributed by atoms with Crippen molar-refractivity contribution in [3.8, 4) is 0 Å². The summed E-state index contributed by atoms with van der Waals surface area (Å²) < 4.78 is 0. The molecule has 3 heterocycles. The zero-order valence-electron chi connectivity index (χ0n) is 15.8. The van der Waals surface area contributed by atoms with Crippen molar-refractivity contribution in [3.63, 3.8) is 0 Å². The number of rotatable bonds is 3. The van der Waals surface area contributed by atoms with Gasteiger partial charge in [0.25, 0.3) is 0 Å². The number of fused-ring (bicyclic) bond motifs is 9. The molecule has 2 aliphatic heterocycles. The van der Waals surface area contributed by atoms with Gasteiger partial charge in [0.2, 0.25) is 11.8 Å². The Labute approximate surface area is 169 Å². The van der Waals surface area contributed by atoms with Crippen LogP contribution in [0.1, 0.15) is 38.5 Å². The first-order valence-electron chi connectivity index (χ1n) is 9.70. The molecular weight excluding hydrogens is 400 g/mol. The molecule has 5 rings (SSSR count). The molecule has 2 amide bonds. The molecular formula is C19H22N2O5S2. The lowest BCUT2D eigenvalue weighted by Crippen LogP contribution is -2.49. The van der Waals surface area contributed by atoms with Crippen LogP contribution < -0.4 is 4.87 Å². The van der Waals surface area contributed by atoms with Crippen LogP contribution in [-0.4, -0.2) is 44.1 Å². The van der Waals surface area contributed by atoms with Crippen molar-refractivity contribution in [1.82, 2.24) is 9.88 Å². The van der Waals surface area contributed by atoms with Crippen molar-refractivity contribution in [1.29, 1.82) is 0 Å². The molecule has 1 aromatic rings. The van der Waals surface area contributed by atoms with E-state index in [4.69, 9.17) is 0 Å². The predicted octanol–water partition coefficient (Wildman–Crippen LogP) is 1.92. The number of nitrogens with one attached hydrogen (secondary N) is 1. The van der Waals surface area contributed by atoms with E-state index in [0.717, 1.165) is 27.6 Å². The number of likely N-dealkylation sites (tertiary alicyclic amines) is 1. The molecule has 0 unspecified atom stereocenters. The molecule has 7 nitrogen and oxygen atoms in total. The van der Waals surface area contributed by atoms with E-state index >= 15 is 0 Å². The molecule has 2 saturated carbocycles. The fourth-order valence-corrected chi connectivity index (χ4v) is 9.60. The lowest BCUT2D eigenvalue weighted by atomic mass is 9.62. The highest BCUT2D eigenvalue weighted by Crippen LogP contribution is 2.69. The zero-order chi connectivity index (χ0) is 20.1. The number of carboxylic acid groups (broad SMARTS) is 1. The fraction of sp³-hybridized carbons (Fsp3) is 0.684. The minimum absolute atomic E-state index is 0.0508. The molecule has 3 fully saturated rings. The maximum Gasteiger partial charge on any atom is 0.326 e. The Kier molecular flexibility index (Phi) is 3.76. The van der Waals surface area contributed by atoms with E-state index in [0.29, 0.717) is 0 Å². The predicted molar refractivity (Wildman–Crippen MR) is 103 cm³/mol. The van der Waals surface area contributed by atoms with Crippen molar-refractivity contribution in [2.75, 3.05) is 0 Å². The van der Waals surface area contributed by atoms with Crippen LogP contribution in [0.25, 0.3) is 0 Å². The maximum atomic E-state index is 13.1. The number of imide groups is 1. The molecule has 2 bridgehead atoms. The standard InChI is InChI=1S/C19H22N2O5S2/c1-4-19(3)11-7-5-8(12(11)27-14-13(19)28-18(26)20-14)10-9(7)15(22)21(16(10)23)6(2)17(24)25/h6-12H,4-5H2,1-3H3,(H,20,26)(H,24,25)/t6-,7+,8+,9+,10-,11+,12-,19+/m1/s1.